The highest BCUT2D eigenvalue weighted by Gasteiger charge is 2.23. The van der Waals surface area contributed by atoms with Crippen molar-refractivity contribution < 1.29 is 9.47 Å². The van der Waals surface area contributed by atoms with E-state index in [1.54, 1.807) is 14.2 Å². The second-order valence-electron chi connectivity index (χ2n) is 8.19. The van der Waals surface area contributed by atoms with E-state index in [0.717, 1.165) is 56.5 Å². The molecule has 3 N–H and O–H groups in total. The quantitative estimate of drug-likeness (QED) is 0.221. The van der Waals surface area contributed by atoms with Gasteiger partial charge in [0, 0.05) is 62.4 Å². The maximum atomic E-state index is 5.40. The number of aromatic amines is 1. The van der Waals surface area contributed by atoms with Crippen molar-refractivity contribution in [2.75, 3.05) is 40.9 Å². The van der Waals surface area contributed by atoms with E-state index in [1.807, 2.05) is 13.1 Å². The number of nitrogens with one attached hydrogen (secondary N) is 3. The van der Waals surface area contributed by atoms with Crippen molar-refractivity contribution in [1.29, 1.82) is 0 Å². The van der Waals surface area contributed by atoms with Gasteiger partial charge in [0.2, 0.25) is 0 Å². The van der Waals surface area contributed by atoms with Crippen molar-refractivity contribution in [3.8, 4) is 11.5 Å². The number of para-hydroxylation sites is 1. The van der Waals surface area contributed by atoms with Crippen LogP contribution >= 0.6 is 24.0 Å². The smallest absolute Gasteiger partial charge is 0.191 e. The molecule has 2 heterocycles. The van der Waals surface area contributed by atoms with Gasteiger partial charge < -0.3 is 25.1 Å². The molecule has 0 aliphatic carbocycles. The topological polar surface area (TPSA) is 73.9 Å². The summed E-state index contributed by atoms with van der Waals surface area (Å²) in [6.45, 7) is 3.73. The Bertz CT molecular complexity index is 1050. The highest BCUT2D eigenvalue weighted by molar-refractivity contribution is 14.0. The maximum Gasteiger partial charge on any atom is 0.191 e. The van der Waals surface area contributed by atoms with Crippen molar-refractivity contribution in [2.24, 2.45) is 4.99 Å². The number of benzene rings is 2. The number of H-pyrrole nitrogens is 1. The number of aliphatic imine (C=N–C) groups is 1. The van der Waals surface area contributed by atoms with Crippen LogP contribution in [-0.2, 0) is 13.0 Å². The molecule has 0 bridgehead atoms. The molecule has 0 spiro atoms. The van der Waals surface area contributed by atoms with Gasteiger partial charge in [-0.1, -0.05) is 18.2 Å². The summed E-state index contributed by atoms with van der Waals surface area (Å²) in [5.74, 6) is 2.51. The molecular formula is C25H34IN5O2. The number of ether oxygens (including phenoxy) is 2. The second-order valence-corrected chi connectivity index (χ2v) is 8.19. The molecule has 1 atom stereocenters. The zero-order valence-corrected chi connectivity index (χ0v) is 21.9. The molecule has 1 saturated heterocycles. The molecule has 1 aliphatic rings. The number of likely N-dealkylation sites (tertiary alicyclic amines) is 1. The lowest BCUT2D eigenvalue weighted by Crippen LogP contribution is -2.45. The monoisotopic (exact) mass is 563 g/mol. The average molecular weight is 563 g/mol. The molecule has 7 nitrogen and oxygen atoms in total. The fourth-order valence-electron chi connectivity index (χ4n) is 4.35. The van der Waals surface area contributed by atoms with Crippen molar-refractivity contribution in [3.63, 3.8) is 0 Å². The molecule has 0 saturated carbocycles. The van der Waals surface area contributed by atoms with E-state index >= 15 is 0 Å². The lowest BCUT2D eigenvalue weighted by atomic mass is 10.1. The normalized spacial score (nSPS) is 16.5. The van der Waals surface area contributed by atoms with Gasteiger partial charge in [0.25, 0.3) is 0 Å². The second kappa shape index (κ2) is 12.1. The Morgan fingerprint density at radius 2 is 1.91 bits per heavy atom. The summed E-state index contributed by atoms with van der Waals surface area (Å²) < 4.78 is 10.8. The predicted octanol–water partition coefficient (Wildman–Crippen LogP) is 3.79. The van der Waals surface area contributed by atoms with Gasteiger partial charge in [0.1, 0.15) is 11.5 Å². The van der Waals surface area contributed by atoms with E-state index in [-0.39, 0.29) is 24.0 Å². The number of guanidine groups is 1. The number of rotatable bonds is 8. The van der Waals surface area contributed by atoms with Crippen LogP contribution < -0.4 is 20.1 Å². The lowest BCUT2D eigenvalue weighted by molar-refractivity contribution is 0.321. The Hall–Kier alpha value is -2.46. The molecule has 0 amide bonds. The first-order valence-electron chi connectivity index (χ1n) is 11.1. The minimum absolute atomic E-state index is 0. The number of methoxy groups -OCH3 is 2. The first-order valence-corrected chi connectivity index (χ1v) is 11.1. The molecular weight excluding hydrogens is 529 g/mol. The Morgan fingerprint density at radius 3 is 2.64 bits per heavy atom. The molecule has 33 heavy (non-hydrogen) atoms. The number of halogens is 1. The van der Waals surface area contributed by atoms with Gasteiger partial charge in [-0.3, -0.25) is 9.89 Å². The van der Waals surface area contributed by atoms with E-state index in [1.165, 1.54) is 22.0 Å². The first kappa shape index (κ1) is 25.2. The van der Waals surface area contributed by atoms with Crippen LogP contribution in [0.2, 0.25) is 0 Å². The largest absolute Gasteiger partial charge is 0.497 e. The third kappa shape index (κ3) is 6.54. The van der Waals surface area contributed by atoms with Crippen LogP contribution in [0, 0.1) is 0 Å². The van der Waals surface area contributed by atoms with Gasteiger partial charge in [-0.25, -0.2) is 0 Å². The highest BCUT2D eigenvalue weighted by atomic mass is 127. The van der Waals surface area contributed by atoms with Crippen LogP contribution in [0.5, 0.6) is 11.5 Å². The number of hydrogen-bond acceptors (Lipinski definition) is 4. The van der Waals surface area contributed by atoms with Crippen LogP contribution in [0.3, 0.4) is 0 Å². The summed E-state index contributed by atoms with van der Waals surface area (Å²) in [5.41, 5.74) is 3.71. The molecule has 1 unspecified atom stereocenters. The lowest BCUT2D eigenvalue weighted by Gasteiger charge is -2.19. The predicted molar refractivity (Wildman–Crippen MR) is 145 cm³/mol. The van der Waals surface area contributed by atoms with Crippen molar-refractivity contribution in [3.05, 3.63) is 59.8 Å². The van der Waals surface area contributed by atoms with Crippen molar-refractivity contribution in [1.82, 2.24) is 20.5 Å². The molecule has 2 aromatic carbocycles. The van der Waals surface area contributed by atoms with Gasteiger partial charge in [0.15, 0.2) is 5.96 Å². The molecule has 1 aromatic heterocycles. The maximum absolute atomic E-state index is 5.40. The Labute approximate surface area is 213 Å². The van der Waals surface area contributed by atoms with Gasteiger partial charge in [0.05, 0.1) is 14.2 Å². The summed E-state index contributed by atoms with van der Waals surface area (Å²) in [6.07, 6.45) is 4.13. The van der Waals surface area contributed by atoms with Crippen LogP contribution in [0.15, 0.2) is 53.7 Å². The van der Waals surface area contributed by atoms with Crippen LogP contribution in [0.25, 0.3) is 10.9 Å². The molecule has 1 fully saturated rings. The molecule has 178 valence electrons. The molecule has 8 heteroatoms. The summed E-state index contributed by atoms with van der Waals surface area (Å²) in [7, 11) is 5.20. The average Bonchev–Trinajstić information content (AvgIpc) is 3.44. The van der Waals surface area contributed by atoms with Crippen LogP contribution in [0.4, 0.5) is 0 Å². The van der Waals surface area contributed by atoms with Crippen molar-refractivity contribution in [2.45, 2.75) is 25.4 Å². The van der Waals surface area contributed by atoms with Crippen LogP contribution in [0.1, 0.15) is 17.5 Å². The summed E-state index contributed by atoms with van der Waals surface area (Å²) >= 11 is 0. The molecule has 0 radical (unpaired) electrons. The zero-order chi connectivity index (χ0) is 22.3. The van der Waals surface area contributed by atoms with Gasteiger partial charge in [-0.15, -0.1) is 24.0 Å². The molecule has 4 rings (SSSR count). The zero-order valence-electron chi connectivity index (χ0n) is 19.6. The summed E-state index contributed by atoms with van der Waals surface area (Å²) in [5, 5.41) is 8.34. The number of nitrogens with zero attached hydrogens (tertiary/aromatic N) is 2. The van der Waals surface area contributed by atoms with E-state index in [9.17, 15) is 0 Å². The summed E-state index contributed by atoms with van der Waals surface area (Å²) in [4.78, 5) is 10.2. The van der Waals surface area contributed by atoms with E-state index < -0.39 is 0 Å². The van der Waals surface area contributed by atoms with E-state index in [2.05, 4.69) is 68.1 Å². The van der Waals surface area contributed by atoms with Gasteiger partial charge in [-0.05, 0) is 42.2 Å². The van der Waals surface area contributed by atoms with E-state index in [4.69, 9.17) is 9.47 Å². The number of aromatic nitrogens is 1. The minimum Gasteiger partial charge on any atom is -0.497 e. The van der Waals surface area contributed by atoms with Gasteiger partial charge in [-0.2, -0.15) is 0 Å². The third-order valence-electron chi connectivity index (χ3n) is 6.02. The Morgan fingerprint density at radius 1 is 1.15 bits per heavy atom. The fraction of sp³-hybridized carbons (Fsp3) is 0.400. The standard InChI is InChI=1S/C25H33N5O2.HI/c1-26-25(27-10-8-19-15-28-24-7-5-4-6-23(19)24)29-20-9-11-30(17-20)16-18-12-21(31-2)14-22(13-18)32-3;/h4-7,12-15,20,28H,8-11,16-17H2,1-3H3,(H2,26,27,29);1H. The summed E-state index contributed by atoms with van der Waals surface area (Å²) in [6, 6.07) is 14.9. The van der Waals surface area contributed by atoms with Gasteiger partial charge >= 0.3 is 0 Å². The fourth-order valence-corrected chi connectivity index (χ4v) is 4.35. The van der Waals surface area contributed by atoms with E-state index in [0.29, 0.717) is 6.04 Å². The molecule has 1 aliphatic heterocycles. The SMILES string of the molecule is CN=C(NCCc1c[nH]c2ccccc12)NC1CCN(Cc2cc(OC)cc(OC)c2)C1.I. The van der Waals surface area contributed by atoms with Crippen LogP contribution in [-0.4, -0.2) is 62.8 Å². The van der Waals surface area contributed by atoms with Crippen molar-refractivity contribution >= 4 is 40.8 Å². The third-order valence-corrected chi connectivity index (χ3v) is 6.02. The molecule has 3 aromatic rings. The highest BCUT2D eigenvalue weighted by Crippen LogP contribution is 2.24. The number of hydrogen-bond donors (Lipinski definition) is 3. The number of fused-ring (bicyclic) bond motifs is 1. The first-order chi connectivity index (χ1) is 15.7. The Kier molecular flexibility index (Phi) is 9.25. The Balaban J connectivity index is 0.00000306. The minimum atomic E-state index is 0.